The summed E-state index contributed by atoms with van der Waals surface area (Å²) in [4.78, 5) is 0. The van der Waals surface area contributed by atoms with Gasteiger partial charge in [0.2, 0.25) is 0 Å². The third kappa shape index (κ3) is 2.42. The molecule has 2 rings (SSSR count). The van der Waals surface area contributed by atoms with Crippen LogP contribution >= 0.6 is 0 Å². The highest BCUT2D eigenvalue weighted by Crippen LogP contribution is 2.19. The molecule has 1 nitrogen and oxygen atoms in total. The van der Waals surface area contributed by atoms with Crippen LogP contribution in [0.3, 0.4) is 0 Å². The Hall–Kier alpha value is -1.34. The summed E-state index contributed by atoms with van der Waals surface area (Å²) in [6.45, 7) is 2.42. The standard InChI is InChI=1S/C15H18O/c1-2-3-12-4-6-14-7-5-13(8-9-16)11-15(14)10-12/h4-7,10-11,16H,2-3,8-9H2,1H3. The second-order valence-corrected chi connectivity index (χ2v) is 4.24. The SMILES string of the molecule is CCCc1ccc2ccc(CCO)cc2c1. The number of benzene rings is 2. The molecule has 0 spiro atoms. The number of rotatable bonds is 4. The van der Waals surface area contributed by atoms with Crippen molar-refractivity contribution < 1.29 is 5.11 Å². The first-order chi connectivity index (χ1) is 7.83. The molecule has 0 fully saturated rings. The number of fused-ring (bicyclic) bond motifs is 1. The van der Waals surface area contributed by atoms with Gasteiger partial charge < -0.3 is 5.11 Å². The van der Waals surface area contributed by atoms with E-state index >= 15 is 0 Å². The first-order valence-electron chi connectivity index (χ1n) is 5.96. The van der Waals surface area contributed by atoms with Crippen molar-refractivity contribution in [3.63, 3.8) is 0 Å². The maximum Gasteiger partial charge on any atom is 0.0471 e. The van der Waals surface area contributed by atoms with E-state index in [-0.39, 0.29) is 6.61 Å². The fourth-order valence-corrected chi connectivity index (χ4v) is 2.07. The molecule has 1 heteroatoms. The number of hydrogen-bond acceptors (Lipinski definition) is 1. The minimum atomic E-state index is 0.222. The van der Waals surface area contributed by atoms with Gasteiger partial charge in [0, 0.05) is 6.61 Å². The molecule has 0 aliphatic rings. The molecule has 0 saturated heterocycles. The zero-order chi connectivity index (χ0) is 11.4. The third-order valence-corrected chi connectivity index (χ3v) is 2.91. The largest absolute Gasteiger partial charge is 0.396 e. The van der Waals surface area contributed by atoms with Gasteiger partial charge in [-0.1, -0.05) is 49.7 Å². The molecule has 0 aliphatic heterocycles. The van der Waals surface area contributed by atoms with Crippen molar-refractivity contribution in [1.29, 1.82) is 0 Å². The highest BCUT2D eigenvalue weighted by molar-refractivity contribution is 5.83. The summed E-state index contributed by atoms with van der Waals surface area (Å²) in [5.74, 6) is 0. The lowest BCUT2D eigenvalue weighted by Crippen LogP contribution is -1.90. The molecule has 0 heterocycles. The normalized spacial score (nSPS) is 10.9. The molecule has 0 radical (unpaired) electrons. The predicted octanol–water partition coefficient (Wildman–Crippen LogP) is 3.33. The van der Waals surface area contributed by atoms with Crippen LogP contribution in [0.5, 0.6) is 0 Å². The van der Waals surface area contributed by atoms with E-state index in [0.29, 0.717) is 0 Å². The Bertz CT molecular complexity index is 433. The Balaban J connectivity index is 2.39. The van der Waals surface area contributed by atoms with Crippen molar-refractivity contribution in [1.82, 2.24) is 0 Å². The molecule has 0 atom stereocenters. The number of aryl methyl sites for hydroxylation is 1. The summed E-state index contributed by atoms with van der Waals surface area (Å²) in [6.07, 6.45) is 3.07. The third-order valence-electron chi connectivity index (χ3n) is 2.91. The summed E-state index contributed by atoms with van der Waals surface area (Å²) < 4.78 is 0. The van der Waals surface area contributed by atoms with Crippen molar-refractivity contribution in [2.24, 2.45) is 0 Å². The van der Waals surface area contributed by atoms with Crippen molar-refractivity contribution in [3.8, 4) is 0 Å². The second-order valence-electron chi connectivity index (χ2n) is 4.24. The molecule has 2 aromatic rings. The zero-order valence-corrected chi connectivity index (χ0v) is 9.74. The molecule has 84 valence electrons. The topological polar surface area (TPSA) is 20.2 Å². The van der Waals surface area contributed by atoms with Crippen molar-refractivity contribution >= 4 is 10.8 Å². The summed E-state index contributed by atoms with van der Waals surface area (Å²) in [7, 11) is 0. The molecule has 2 aromatic carbocycles. The molecule has 16 heavy (non-hydrogen) atoms. The minimum Gasteiger partial charge on any atom is -0.396 e. The molecule has 1 N–H and O–H groups in total. The van der Waals surface area contributed by atoms with E-state index < -0.39 is 0 Å². The molecular weight excluding hydrogens is 196 g/mol. The highest BCUT2D eigenvalue weighted by atomic mass is 16.2. The Morgan fingerprint density at radius 1 is 0.875 bits per heavy atom. The van der Waals surface area contributed by atoms with Crippen LogP contribution in [0, 0.1) is 0 Å². The van der Waals surface area contributed by atoms with Crippen molar-refractivity contribution in [3.05, 3.63) is 47.5 Å². The van der Waals surface area contributed by atoms with Crippen LogP contribution in [0.1, 0.15) is 24.5 Å². The van der Waals surface area contributed by atoms with Gasteiger partial charge in [-0.2, -0.15) is 0 Å². The molecule has 0 aliphatic carbocycles. The highest BCUT2D eigenvalue weighted by Gasteiger charge is 1.98. The monoisotopic (exact) mass is 214 g/mol. The van der Waals surface area contributed by atoms with Gasteiger partial charge in [0.05, 0.1) is 0 Å². The van der Waals surface area contributed by atoms with Gasteiger partial charge in [0.1, 0.15) is 0 Å². The second kappa shape index (κ2) is 5.13. The number of aliphatic hydroxyl groups excluding tert-OH is 1. The van der Waals surface area contributed by atoms with Crippen LogP contribution in [0.15, 0.2) is 36.4 Å². The fourth-order valence-electron chi connectivity index (χ4n) is 2.07. The molecule has 0 amide bonds. The average molecular weight is 214 g/mol. The van der Waals surface area contributed by atoms with E-state index in [4.69, 9.17) is 5.11 Å². The van der Waals surface area contributed by atoms with E-state index in [1.807, 2.05) is 0 Å². The lowest BCUT2D eigenvalue weighted by atomic mass is 10.0. The molecule has 0 saturated carbocycles. The van der Waals surface area contributed by atoms with Gasteiger partial charge in [-0.15, -0.1) is 0 Å². The van der Waals surface area contributed by atoms with E-state index in [1.54, 1.807) is 0 Å². The van der Waals surface area contributed by atoms with Crippen LogP contribution in [-0.4, -0.2) is 11.7 Å². The molecular formula is C15H18O. The Morgan fingerprint density at radius 3 is 2.06 bits per heavy atom. The van der Waals surface area contributed by atoms with Gasteiger partial charge in [-0.3, -0.25) is 0 Å². The average Bonchev–Trinajstić information content (AvgIpc) is 2.29. The van der Waals surface area contributed by atoms with Gasteiger partial charge in [0.15, 0.2) is 0 Å². The quantitative estimate of drug-likeness (QED) is 0.827. The molecule has 0 aromatic heterocycles. The van der Waals surface area contributed by atoms with E-state index in [0.717, 1.165) is 12.8 Å². The maximum atomic E-state index is 8.93. The van der Waals surface area contributed by atoms with E-state index in [9.17, 15) is 0 Å². The summed E-state index contributed by atoms with van der Waals surface area (Å²) >= 11 is 0. The molecule has 0 bridgehead atoms. The van der Waals surface area contributed by atoms with Crippen LogP contribution in [-0.2, 0) is 12.8 Å². The van der Waals surface area contributed by atoms with Gasteiger partial charge in [0.25, 0.3) is 0 Å². The smallest absolute Gasteiger partial charge is 0.0471 e. The van der Waals surface area contributed by atoms with Gasteiger partial charge >= 0.3 is 0 Å². The van der Waals surface area contributed by atoms with Crippen LogP contribution in [0.25, 0.3) is 10.8 Å². The zero-order valence-electron chi connectivity index (χ0n) is 9.74. The Labute approximate surface area is 96.7 Å². The van der Waals surface area contributed by atoms with Gasteiger partial charge in [-0.05, 0) is 34.7 Å². The van der Waals surface area contributed by atoms with E-state index in [2.05, 4.69) is 43.3 Å². The lowest BCUT2D eigenvalue weighted by molar-refractivity contribution is 0.299. The number of hydrogen-bond donors (Lipinski definition) is 1. The van der Waals surface area contributed by atoms with Gasteiger partial charge in [-0.25, -0.2) is 0 Å². The first kappa shape index (κ1) is 11.2. The van der Waals surface area contributed by atoms with Crippen LogP contribution < -0.4 is 0 Å². The van der Waals surface area contributed by atoms with Crippen molar-refractivity contribution in [2.75, 3.05) is 6.61 Å². The summed E-state index contributed by atoms with van der Waals surface area (Å²) in [5.41, 5.74) is 2.61. The Kier molecular flexibility index (Phi) is 3.58. The van der Waals surface area contributed by atoms with Crippen LogP contribution in [0.4, 0.5) is 0 Å². The number of aliphatic hydroxyl groups is 1. The summed E-state index contributed by atoms with van der Waals surface area (Å²) in [6, 6.07) is 13.1. The fraction of sp³-hybridized carbons (Fsp3) is 0.333. The lowest BCUT2D eigenvalue weighted by Gasteiger charge is -2.05. The molecule has 0 unspecified atom stereocenters. The summed E-state index contributed by atoms with van der Waals surface area (Å²) in [5, 5.41) is 11.5. The minimum absolute atomic E-state index is 0.222. The Morgan fingerprint density at radius 2 is 1.50 bits per heavy atom. The van der Waals surface area contributed by atoms with Crippen molar-refractivity contribution in [2.45, 2.75) is 26.2 Å². The van der Waals surface area contributed by atoms with Crippen LogP contribution in [0.2, 0.25) is 0 Å². The first-order valence-corrected chi connectivity index (χ1v) is 5.96. The predicted molar refractivity (Wildman–Crippen MR) is 68.7 cm³/mol. The maximum absolute atomic E-state index is 8.93. The van der Waals surface area contributed by atoms with E-state index in [1.165, 1.54) is 28.3 Å².